The second kappa shape index (κ2) is 5.82. The molecule has 1 unspecified atom stereocenters. The monoisotopic (exact) mass is 264 g/mol. The normalized spacial score (nSPS) is 12.7. The van der Waals surface area contributed by atoms with E-state index in [0.29, 0.717) is 12.0 Å². The number of carbonyl (C=O) groups excluding carboxylic acids is 2. The van der Waals surface area contributed by atoms with Crippen molar-refractivity contribution in [3.05, 3.63) is 23.5 Å². The molecule has 1 amide bonds. The number of hydrogen-bond acceptors (Lipinski definition) is 4. The average molecular weight is 264 g/mol. The highest BCUT2D eigenvalue weighted by molar-refractivity contribution is 5.82. The third-order valence-electron chi connectivity index (χ3n) is 2.31. The molecule has 0 radical (unpaired) electrons. The lowest BCUT2D eigenvalue weighted by molar-refractivity contribution is -0.128. The number of ether oxygens (including phenoxy) is 1. The first-order valence-corrected chi connectivity index (χ1v) is 6.14. The number of carbonyl (C=O) groups is 2. The van der Waals surface area contributed by atoms with Crippen LogP contribution < -0.4 is 10.1 Å². The van der Waals surface area contributed by atoms with Crippen LogP contribution in [0.4, 0.5) is 0 Å². The summed E-state index contributed by atoms with van der Waals surface area (Å²) in [6, 6.07) is 3.38. The Labute approximate surface area is 113 Å². The summed E-state index contributed by atoms with van der Waals surface area (Å²) < 4.78 is 5.49. The van der Waals surface area contributed by atoms with Crippen molar-refractivity contribution in [2.75, 3.05) is 0 Å². The molecule has 1 aromatic rings. The number of rotatable bonds is 4. The molecule has 1 rings (SSSR count). The lowest BCUT2D eigenvalue weighted by Crippen LogP contribution is -2.46. The van der Waals surface area contributed by atoms with E-state index in [2.05, 4.69) is 10.3 Å². The predicted octanol–water partition coefficient (Wildman–Crippen LogP) is 1.88. The van der Waals surface area contributed by atoms with Gasteiger partial charge in [-0.3, -0.25) is 9.59 Å². The van der Waals surface area contributed by atoms with Crippen LogP contribution in [0.2, 0.25) is 0 Å². The van der Waals surface area contributed by atoms with E-state index in [4.69, 9.17) is 4.74 Å². The van der Waals surface area contributed by atoms with E-state index in [1.54, 1.807) is 26.0 Å². The van der Waals surface area contributed by atoms with Crippen molar-refractivity contribution in [3.8, 4) is 5.75 Å². The molecule has 0 saturated carbocycles. The molecule has 0 aliphatic rings. The second-order valence-corrected chi connectivity index (χ2v) is 5.45. The highest BCUT2D eigenvalue weighted by Crippen LogP contribution is 2.17. The minimum atomic E-state index is -0.692. The molecule has 0 aromatic carbocycles. The van der Waals surface area contributed by atoms with Crippen LogP contribution in [0.1, 0.15) is 43.9 Å². The van der Waals surface area contributed by atoms with Crippen LogP contribution >= 0.6 is 0 Å². The molecule has 19 heavy (non-hydrogen) atoms. The molecule has 1 atom stereocenters. The van der Waals surface area contributed by atoms with Crippen molar-refractivity contribution in [3.63, 3.8) is 0 Å². The minimum absolute atomic E-state index is 0.204. The van der Waals surface area contributed by atoms with Crippen molar-refractivity contribution in [1.29, 1.82) is 0 Å². The van der Waals surface area contributed by atoms with Gasteiger partial charge in [-0.2, -0.15) is 0 Å². The van der Waals surface area contributed by atoms with Gasteiger partial charge >= 0.3 is 0 Å². The Morgan fingerprint density at radius 1 is 1.42 bits per heavy atom. The maximum absolute atomic E-state index is 11.9. The number of nitrogens with zero attached hydrogens (tertiary/aromatic N) is 1. The average Bonchev–Trinajstić information content (AvgIpc) is 2.29. The number of aryl methyl sites for hydroxylation is 1. The molecule has 1 N–H and O–H groups in total. The van der Waals surface area contributed by atoms with Crippen molar-refractivity contribution in [1.82, 2.24) is 10.3 Å². The molecule has 0 fully saturated rings. The van der Waals surface area contributed by atoms with E-state index >= 15 is 0 Å². The fourth-order valence-corrected chi connectivity index (χ4v) is 1.46. The zero-order valence-corrected chi connectivity index (χ0v) is 12.0. The fourth-order valence-electron chi connectivity index (χ4n) is 1.46. The highest BCUT2D eigenvalue weighted by Gasteiger charge is 2.21. The Morgan fingerprint density at radius 3 is 2.58 bits per heavy atom. The van der Waals surface area contributed by atoms with E-state index in [0.717, 1.165) is 5.69 Å². The maximum Gasteiger partial charge on any atom is 0.261 e. The van der Waals surface area contributed by atoms with Gasteiger partial charge in [0, 0.05) is 11.2 Å². The Hall–Kier alpha value is -1.91. The van der Waals surface area contributed by atoms with E-state index in [9.17, 15) is 9.59 Å². The number of nitrogens with one attached hydrogen (secondary N) is 1. The van der Waals surface area contributed by atoms with Crippen LogP contribution in [0.3, 0.4) is 0 Å². The molecule has 0 aliphatic carbocycles. The Morgan fingerprint density at radius 2 is 2.05 bits per heavy atom. The topological polar surface area (TPSA) is 68.3 Å². The highest BCUT2D eigenvalue weighted by atomic mass is 16.5. The zero-order valence-electron chi connectivity index (χ0n) is 12.0. The summed E-state index contributed by atoms with van der Waals surface area (Å²) in [5, 5.41) is 2.82. The Bertz CT molecular complexity index is 478. The third-order valence-corrected chi connectivity index (χ3v) is 2.31. The SMILES string of the molecule is Cc1ccc(OC(C)C(=O)NC(C)(C)C)c(C=O)n1. The third kappa shape index (κ3) is 4.69. The van der Waals surface area contributed by atoms with Gasteiger partial charge in [0.2, 0.25) is 0 Å². The van der Waals surface area contributed by atoms with Crippen LogP contribution in [0.5, 0.6) is 5.75 Å². The summed E-state index contributed by atoms with van der Waals surface area (Å²) in [4.78, 5) is 26.9. The molecule has 0 saturated heterocycles. The van der Waals surface area contributed by atoms with Crippen LogP contribution in [0.25, 0.3) is 0 Å². The minimum Gasteiger partial charge on any atom is -0.479 e. The van der Waals surface area contributed by atoms with Gasteiger partial charge in [-0.25, -0.2) is 4.98 Å². The first kappa shape index (κ1) is 15.1. The molecule has 5 heteroatoms. The smallest absolute Gasteiger partial charge is 0.261 e. The first-order valence-electron chi connectivity index (χ1n) is 6.14. The second-order valence-electron chi connectivity index (χ2n) is 5.45. The molecule has 5 nitrogen and oxygen atoms in total. The van der Waals surface area contributed by atoms with E-state index in [-0.39, 0.29) is 17.1 Å². The van der Waals surface area contributed by atoms with Gasteiger partial charge < -0.3 is 10.1 Å². The first-order chi connectivity index (χ1) is 8.73. The summed E-state index contributed by atoms with van der Waals surface area (Å²) in [5.41, 5.74) is 0.602. The van der Waals surface area contributed by atoms with Crippen LogP contribution in [0, 0.1) is 6.92 Å². The summed E-state index contributed by atoms with van der Waals surface area (Å²) in [7, 11) is 0. The molecule has 0 bridgehead atoms. The van der Waals surface area contributed by atoms with Crippen molar-refractivity contribution in [2.24, 2.45) is 0 Å². The van der Waals surface area contributed by atoms with E-state index < -0.39 is 6.10 Å². The maximum atomic E-state index is 11.9. The van der Waals surface area contributed by atoms with Gasteiger partial charge in [-0.15, -0.1) is 0 Å². The van der Waals surface area contributed by atoms with Crippen molar-refractivity contribution >= 4 is 12.2 Å². The lowest BCUT2D eigenvalue weighted by atomic mass is 10.1. The molecular formula is C14H20N2O3. The van der Waals surface area contributed by atoms with Crippen LogP contribution in [-0.2, 0) is 4.79 Å². The number of amides is 1. The van der Waals surface area contributed by atoms with Crippen LogP contribution in [0.15, 0.2) is 12.1 Å². The number of hydrogen-bond donors (Lipinski definition) is 1. The van der Waals surface area contributed by atoms with E-state index in [1.165, 1.54) is 0 Å². The van der Waals surface area contributed by atoms with Crippen molar-refractivity contribution < 1.29 is 14.3 Å². The van der Waals surface area contributed by atoms with Crippen LogP contribution in [-0.4, -0.2) is 28.8 Å². The molecular weight excluding hydrogens is 244 g/mol. The summed E-state index contributed by atoms with van der Waals surface area (Å²) in [5.74, 6) is 0.0853. The van der Waals surface area contributed by atoms with Gasteiger partial charge in [0.15, 0.2) is 12.4 Å². The fraction of sp³-hybridized carbons (Fsp3) is 0.500. The summed E-state index contributed by atoms with van der Waals surface area (Å²) in [6.45, 7) is 9.09. The molecule has 104 valence electrons. The van der Waals surface area contributed by atoms with Crippen molar-refractivity contribution in [2.45, 2.75) is 46.3 Å². The van der Waals surface area contributed by atoms with Gasteiger partial charge in [-0.05, 0) is 46.8 Å². The van der Waals surface area contributed by atoms with Gasteiger partial charge in [0.25, 0.3) is 5.91 Å². The molecule has 0 aliphatic heterocycles. The molecule has 1 aromatic heterocycles. The quantitative estimate of drug-likeness (QED) is 0.843. The number of pyridine rings is 1. The van der Waals surface area contributed by atoms with Gasteiger partial charge in [0.05, 0.1) is 0 Å². The summed E-state index contributed by atoms with van der Waals surface area (Å²) in [6.07, 6.45) is -0.0705. The van der Waals surface area contributed by atoms with E-state index in [1.807, 2.05) is 20.8 Å². The Kier molecular flexibility index (Phi) is 4.64. The number of aromatic nitrogens is 1. The van der Waals surface area contributed by atoms with Gasteiger partial charge in [-0.1, -0.05) is 0 Å². The zero-order chi connectivity index (χ0) is 14.6. The molecule has 1 heterocycles. The lowest BCUT2D eigenvalue weighted by Gasteiger charge is -2.23. The molecule has 0 spiro atoms. The summed E-state index contributed by atoms with van der Waals surface area (Å²) >= 11 is 0. The predicted molar refractivity (Wildman–Crippen MR) is 72.3 cm³/mol. The Balaban J connectivity index is 2.79. The van der Waals surface area contributed by atoms with Gasteiger partial charge in [0.1, 0.15) is 11.4 Å². The largest absolute Gasteiger partial charge is 0.479 e. The number of aldehydes is 1. The standard InChI is InChI=1S/C14H20N2O3/c1-9-6-7-12(11(8-17)15-9)19-10(2)13(18)16-14(3,4)5/h6-8,10H,1-5H3,(H,16,18).